The molecule has 4 aromatic rings. The summed E-state index contributed by atoms with van der Waals surface area (Å²) in [5.74, 6) is -3.92. The number of aliphatic carboxylic acids is 2. The molecule has 0 aliphatic heterocycles. The fourth-order valence-electron chi connectivity index (χ4n) is 4.07. The maximum absolute atomic E-state index is 12.1. The Morgan fingerprint density at radius 1 is 0.485 bits per heavy atom. The van der Waals surface area contributed by atoms with Crippen molar-refractivity contribution in [3.05, 3.63) is 120 Å². The fourth-order valence-corrected chi connectivity index (χ4v) is 4.07. The first kappa shape index (κ1) is 22.0. The predicted octanol–water partition coefficient (Wildman–Crippen LogP) is 6.45. The van der Waals surface area contributed by atoms with Gasteiger partial charge in [0.1, 0.15) is 0 Å². The van der Waals surface area contributed by atoms with Gasteiger partial charge in [0, 0.05) is 0 Å². The predicted molar refractivity (Wildman–Crippen MR) is 129 cm³/mol. The van der Waals surface area contributed by atoms with Gasteiger partial charge < -0.3 is 10.2 Å². The molecule has 0 saturated heterocycles. The molecule has 0 bridgehead atoms. The number of carboxylic acids is 2. The molecular formula is C29H24O4. The van der Waals surface area contributed by atoms with Crippen LogP contribution < -0.4 is 0 Å². The quantitative estimate of drug-likeness (QED) is 0.333. The Bertz CT molecular complexity index is 1120. The molecule has 4 heteroatoms. The molecule has 0 heterocycles. The van der Waals surface area contributed by atoms with E-state index in [-0.39, 0.29) is 6.42 Å². The minimum atomic E-state index is -1.03. The highest BCUT2D eigenvalue weighted by molar-refractivity contribution is 5.81. The molecule has 164 valence electrons. The van der Waals surface area contributed by atoms with Gasteiger partial charge in [-0.1, -0.05) is 109 Å². The third-order valence-electron chi connectivity index (χ3n) is 5.91. The Morgan fingerprint density at radius 3 is 1.09 bits per heavy atom. The van der Waals surface area contributed by atoms with Crippen molar-refractivity contribution in [2.45, 2.75) is 18.3 Å². The number of carbonyl (C=O) groups is 2. The fraction of sp³-hybridized carbons (Fsp3) is 0.103. The van der Waals surface area contributed by atoms with Gasteiger partial charge in [-0.2, -0.15) is 0 Å². The van der Waals surface area contributed by atoms with E-state index < -0.39 is 23.8 Å². The molecule has 0 fully saturated rings. The van der Waals surface area contributed by atoms with Crippen molar-refractivity contribution < 1.29 is 19.8 Å². The second-order valence-electron chi connectivity index (χ2n) is 7.99. The van der Waals surface area contributed by atoms with Crippen LogP contribution in [0.15, 0.2) is 109 Å². The zero-order valence-corrected chi connectivity index (χ0v) is 18.0. The van der Waals surface area contributed by atoms with Crippen LogP contribution in [0.25, 0.3) is 22.3 Å². The molecule has 0 spiro atoms. The van der Waals surface area contributed by atoms with Crippen molar-refractivity contribution in [3.8, 4) is 22.3 Å². The van der Waals surface area contributed by atoms with E-state index in [2.05, 4.69) is 0 Å². The van der Waals surface area contributed by atoms with E-state index in [1.807, 2.05) is 84.9 Å². The number of benzene rings is 4. The summed E-state index contributed by atoms with van der Waals surface area (Å²) in [6.07, 6.45) is -0.0277. The Balaban J connectivity index is 1.57. The topological polar surface area (TPSA) is 74.6 Å². The van der Waals surface area contributed by atoms with Crippen LogP contribution in [0.2, 0.25) is 0 Å². The summed E-state index contributed by atoms with van der Waals surface area (Å²) >= 11 is 0. The van der Waals surface area contributed by atoms with Gasteiger partial charge in [-0.15, -0.1) is 0 Å². The van der Waals surface area contributed by atoms with Crippen molar-refractivity contribution in [1.82, 2.24) is 0 Å². The SMILES string of the molecule is O=C(O)C(C[C@@H](C(=O)O)c1ccc(-c2ccccc2)cc1)c1ccc(-c2ccccc2)cc1. The van der Waals surface area contributed by atoms with Crippen LogP contribution >= 0.6 is 0 Å². The summed E-state index contributed by atoms with van der Waals surface area (Å²) in [4.78, 5) is 24.2. The summed E-state index contributed by atoms with van der Waals surface area (Å²) in [5.41, 5.74) is 5.23. The molecule has 0 aromatic heterocycles. The lowest BCUT2D eigenvalue weighted by Gasteiger charge is -2.19. The van der Waals surface area contributed by atoms with E-state index in [0.29, 0.717) is 11.1 Å². The monoisotopic (exact) mass is 436 g/mol. The minimum absolute atomic E-state index is 0.0277. The van der Waals surface area contributed by atoms with Crippen molar-refractivity contribution >= 4 is 11.9 Å². The van der Waals surface area contributed by atoms with Crippen LogP contribution in [0.5, 0.6) is 0 Å². The normalized spacial score (nSPS) is 12.6. The van der Waals surface area contributed by atoms with E-state index in [0.717, 1.165) is 22.3 Å². The first-order valence-electron chi connectivity index (χ1n) is 10.8. The second kappa shape index (κ2) is 9.96. The molecule has 4 nitrogen and oxygen atoms in total. The number of hydrogen-bond donors (Lipinski definition) is 2. The number of carboxylic acid groups (broad SMARTS) is 2. The molecule has 33 heavy (non-hydrogen) atoms. The van der Waals surface area contributed by atoms with Crippen LogP contribution in [0.4, 0.5) is 0 Å². The molecule has 4 aromatic carbocycles. The van der Waals surface area contributed by atoms with Crippen LogP contribution in [-0.2, 0) is 9.59 Å². The Morgan fingerprint density at radius 2 is 0.788 bits per heavy atom. The first-order valence-corrected chi connectivity index (χ1v) is 10.8. The Hall–Kier alpha value is -4.18. The second-order valence-corrected chi connectivity index (χ2v) is 7.99. The average molecular weight is 437 g/mol. The highest BCUT2D eigenvalue weighted by atomic mass is 16.4. The molecule has 0 radical (unpaired) electrons. The summed E-state index contributed by atoms with van der Waals surface area (Å²) in [6.45, 7) is 0. The van der Waals surface area contributed by atoms with Crippen molar-refractivity contribution in [2.75, 3.05) is 0 Å². The molecule has 0 amide bonds. The van der Waals surface area contributed by atoms with Gasteiger partial charge in [0.25, 0.3) is 0 Å². The summed E-state index contributed by atoms with van der Waals surface area (Å²) in [5, 5.41) is 19.8. The standard InChI is InChI=1S/C29H24O4/c30-28(31)26(24-15-11-22(12-16-24)20-7-3-1-4-8-20)19-27(29(32)33)25-17-13-23(14-18-25)21-9-5-2-6-10-21/h1-18,26-27H,19H2,(H,30,31)(H,32,33)/t26-,27?/m1/s1. The highest BCUT2D eigenvalue weighted by Crippen LogP contribution is 2.33. The Labute approximate surface area is 192 Å². The first-order chi connectivity index (χ1) is 16.0. The largest absolute Gasteiger partial charge is 0.481 e. The van der Waals surface area contributed by atoms with Crippen LogP contribution in [0.3, 0.4) is 0 Å². The van der Waals surface area contributed by atoms with Gasteiger partial charge in [-0.25, -0.2) is 0 Å². The van der Waals surface area contributed by atoms with Gasteiger partial charge in [0.2, 0.25) is 0 Å². The maximum Gasteiger partial charge on any atom is 0.311 e. The van der Waals surface area contributed by atoms with E-state index in [4.69, 9.17) is 0 Å². The molecule has 0 aliphatic rings. The zero-order chi connectivity index (χ0) is 23.2. The third-order valence-corrected chi connectivity index (χ3v) is 5.91. The lowest BCUT2D eigenvalue weighted by Crippen LogP contribution is -2.20. The summed E-state index contributed by atoms with van der Waals surface area (Å²) in [6, 6.07) is 34.3. The molecule has 1 unspecified atom stereocenters. The number of rotatable bonds is 8. The van der Waals surface area contributed by atoms with E-state index in [1.54, 1.807) is 24.3 Å². The van der Waals surface area contributed by atoms with Crippen molar-refractivity contribution in [1.29, 1.82) is 0 Å². The van der Waals surface area contributed by atoms with Crippen LogP contribution in [-0.4, -0.2) is 22.2 Å². The van der Waals surface area contributed by atoms with Crippen LogP contribution in [0.1, 0.15) is 29.4 Å². The lowest BCUT2D eigenvalue weighted by molar-refractivity contribution is -0.141. The average Bonchev–Trinajstić information content (AvgIpc) is 2.86. The third kappa shape index (κ3) is 5.18. The molecule has 0 saturated carbocycles. The molecule has 4 rings (SSSR count). The Kier molecular flexibility index (Phi) is 6.65. The van der Waals surface area contributed by atoms with Crippen molar-refractivity contribution in [2.24, 2.45) is 0 Å². The van der Waals surface area contributed by atoms with E-state index in [9.17, 15) is 19.8 Å². The molecule has 0 aliphatic carbocycles. The van der Waals surface area contributed by atoms with E-state index in [1.165, 1.54) is 0 Å². The summed E-state index contributed by atoms with van der Waals surface area (Å²) in [7, 11) is 0. The van der Waals surface area contributed by atoms with Gasteiger partial charge in [-0.05, 0) is 39.8 Å². The van der Waals surface area contributed by atoms with Crippen molar-refractivity contribution in [3.63, 3.8) is 0 Å². The molecule has 2 N–H and O–H groups in total. The summed E-state index contributed by atoms with van der Waals surface area (Å²) < 4.78 is 0. The smallest absolute Gasteiger partial charge is 0.311 e. The highest BCUT2D eigenvalue weighted by Gasteiger charge is 2.29. The van der Waals surface area contributed by atoms with Gasteiger partial charge in [0.05, 0.1) is 11.8 Å². The van der Waals surface area contributed by atoms with Gasteiger partial charge in [-0.3, -0.25) is 9.59 Å². The molecule has 2 atom stereocenters. The minimum Gasteiger partial charge on any atom is -0.481 e. The van der Waals surface area contributed by atoms with E-state index >= 15 is 0 Å². The molecular weight excluding hydrogens is 412 g/mol. The van der Waals surface area contributed by atoms with Gasteiger partial charge in [0.15, 0.2) is 0 Å². The maximum atomic E-state index is 12.1. The lowest BCUT2D eigenvalue weighted by atomic mass is 9.84. The van der Waals surface area contributed by atoms with Crippen LogP contribution in [0, 0.1) is 0 Å². The van der Waals surface area contributed by atoms with Gasteiger partial charge >= 0.3 is 11.9 Å². The zero-order valence-electron chi connectivity index (χ0n) is 18.0. The number of hydrogen-bond acceptors (Lipinski definition) is 2.